The van der Waals surface area contributed by atoms with Gasteiger partial charge in [-0.15, -0.1) is 0 Å². The van der Waals surface area contributed by atoms with Crippen LogP contribution in [-0.2, 0) is 0 Å². The number of phenols is 1. The monoisotopic (exact) mass is 362 g/mol. The number of aromatic hydroxyl groups is 1. The average Bonchev–Trinajstić information content (AvgIpc) is 2.53. The third-order valence-electron chi connectivity index (χ3n) is 3.09. The van der Waals surface area contributed by atoms with Crippen LogP contribution in [0.2, 0.25) is 0 Å². The van der Waals surface area contributed by atoms with Gasteiger partial charge in [-0.3, -0.25) is 4.79 Å². The van der Waals surface area contributed by atoms with Gasteiger partial charge in [-0.1, -0.05) is 12.1 Å². The van der Waals surface area contributed by atoms with Crippen LogP contribution in [0.15, 0.2) is 46.9 Å². The Balaban J connectivity index is 2.32. The minimum absolute atomic E-state index is 0.0416. The minimum Gasteiger partial charge on any atom is -0.507 e. The van der Waals surface area contributed by atoms with Crippen LogP contribution in [0.3, 0.4) is 0 Å². The Morgan fingerprint density at radius 1 is 1.14 bits per heavy atom. The largest absolute Gasteiger partial charge is 0.507 e. The van der Waals surface area contributed by atoms with Crippen molar-refractivity contribution in [1.82, 2.24) is 0 Å². The van der Waals surface area contributed by atoms with Crippen molar-refractivity contribution >= 4 is 27.8 Å². The maximum absolute atomic E-state index is 12.1. The van der Waals surface area contributed by atoms with Crippen LogP contribution in [-0.4, -0.2) is 25.1 Å². The molecule has 0 saturated carbocycles. The zero-order valence-corrected chi connectivity index (χ0v) is 13.8. The standard InChI is InChI=1S/C17H15BrO4/c1-21-16-10-17(22-2)13(18)9-11(16)7-8-15(20)12-5-3-4-6-14(12)19/h3-10,19H,1-2H3/b8-7+. The summed E-state index contributed by atoms with van der Waals surface area (Å²) in [5.74, 6) is 0.898. The van der Waals surface area contributed by atoms with Gasteiger partial charge in [-0.2, -0.15) is 0 Å². The molecule has 0 saturated heterocycles. The Hall–Kier alpha value is -2.27. The zero-order chi connectivity index (χ0) is 16.1. The van der Waals surface area contributed by atoms with Crippen LogP contribution >= 0.6 is 15.9 Å². The summed E-state index contributed by atoms with van der Waals surface area (Å²) < 4.78 is 11.2. The fourth-order valence-electron chi connectivity index (χ4n) is 1.95. The summed E-state index contributed by atoms with van der Waals surface area (Å²) in [6, 6.07) is 9.94. The lowest BCUT2D eigenvalue weighted by Crippen LogP contribution is -1.95. The summed E-state index contributed by atoms with van der Waals surface area (Å²) in [4.78, 5) is 12.1. The van der Waals surface area contributed by atoms with Gasteiger partial charge in [0.05, 0.1) is 24.3 Å². The molecule has 0 spiro atoms. The van der Waals surface area contributed by atoms with Gasteiger partial charge in [0.1, 0.15) is 17.2 Å². The van der Waals surface area contributed by atoms with Crippen LogP contribution in [0.1, 0.15) is 15.9 Å². The molecule has 0 bridgehead atoms. The van der Waals surface area contributed by atoms with E-state index >= 15 is 0 Å². The van der Waals surface area contributed by atoms with E-state index in [1.807, 2.05) is 0 Å². The third-order valence-corrected chi connectivity index (χ3v) is 3.71. The third kappa shape index (κ3) is 3.49. The molecule has 2 rings (SSSR count). The van der Waals surface area contributed by atoms with E-state index in [1.54, 1.807) is 50.6 Å². The summed E-state index contributed by atoms with van der Waals surface area (Å²) >= 11 is 3.39. The van der Waals surface area contributed by atoms with Gasteiger partial charge in [0.25, 0.3) is 0 Å². The fourth-order valence-corrected chi connectivity index (χ4v) is 2.47. The van der Waals surface area contributed by atoms with E-state index in [4.69, 9.17) is 9.47 Å². The first-order valence-corrected chi connectivity index (χ1v) is 7.28. The summed E-state index contributed by atoms with van der Waals surface area (Å²) in [6.45, 7) is 0. The van der Waals surface area contributed by atoms with Gasteiger partial charge in [0.15, 0.2) is 5.78 Å². The molecule has 114 valence electrons. The van der Waals surface area contributed by atoms with Crippen LogP contribution in [0.4, 0.5) is 0 Å². The maximum Gasteiger partial charge on any atom is 0.189 e. The second-order valence-corrected chi connectivity index (χ2v) is 5.30. The number of allylic oxidation sites excluding steroid dienone is 1. The Bertz CT molecular complexity index is 723. The molecule has 0 aromatic heterocycles. The first-order valence-electron chi connectivity index (χ1n) is 6.48. The number of rotatable bonds is 5. The van der Waals surface area contributed by atoms with Crippen molar-refractivity contribution in [2.45, 2.75) is 0 Å². The molecular formula is C17H15BrO4. The Labute approximate surface area is 137 Å². The molecule has 0 unspecified atom stereocenters. The normalized spacial score (nSPS) is 10.7. The number of para-hydroxylation sites is 1. The first-order chi connectivity index (χ1) is 10.6. The molecule has 2 aromatic carbocycles. The summed E-state index contributed by atoms with van der Waals surface area (Å²) in [6.07, 6.45) is 3.03. The lowest BCUT2D eigenvalue weighted by Gasteiger charge is -2.09. The fraction of sp³-hybridized carbons (Fsp3) is 0.118. The van der Waals surface area contributed by atoms with Crippen molar-refractivity contribution in [2.24, 2.45) is 0 Å². The number of halogens is 1. The van der Waals surface area contributed by atoms with Gasteiger partial charge in [-0.25, -0.2) is 0 Å². The van der Waals surface area contributed by atoms with Crippen molar-refractivity contribution < 1.29 is 19.4 Å². The molecule has 5 heteroatoms. The van der Waals surface area contributed by atoms with Crippen molar-refractivity contribution in [2.75, 3.05) is 14.2 Å². The summed E-state index contributed by atoms with van der Waals surface area (Å²) in [5.41, 5.74) is 0.976. The molecule has 0 radical (unpaired) electrons. The molecular weight excluding hydrogens is 348 g/mol. The molecule has 2 aromatic rings. The number of carbonyl (C=O) groups is 1. The molecule has 4 nitrogen and oxygen atoms in total. The molecule has 22 heavy (non-hydrogen) atoms. The minimum atomic E-state index is -0.285. The quantitative estimate of drug-likeness (QED) is 0.643. The van der Waals surface area contributed by atoms with Gasteiger partial charge in [-0.05, 0) is 46.3 Å². The molecule has 0 fully saturated rings. The lowest BCUT2D eigenvalue weighted by molar-refractivity contribution is 0.104. The Morgan fingerprint density at radius 2 is 1.82 bits per heavy atom. The van der Waals surface area contributed by atoms with Crippen LogP contribution in [0, 0.1) is 0 Å². The van der Waals surface area contributed by atoms with Gasteiger partial charge < -0.3 is 14.6 Å². The molecule has 0 atom stereocenters. The van der Waals surface area contributed by atoms with Crippen molar-refractivity contribution in [1.29, 1.82) is 0 Å². The number of benzene rings is 2. The number of methoxy groups -OCH3 is 2. The highest BCUT2D eigenvalue weighted by Crippen LogP contribution is 2.33. The molecule has 0 aliphatic carbocycles. The molecule has 0 amide bonds. The highest BCUT2D eigenvalue weighted by molar-refractivity contribution is 9.10. The predicted octanol–water partition coefficient (Wildman–Crippen LogP) is 4.07. The van der Waals surface area contributed by atoms with E-state index < -0.39 is 0 Å². The van der Waals surface area contributed by atoms with E-state index in [2.05, 4.69) is 15.9 Å². The highest BCUT2D eigenvalue weighted by Gasteiger charge is 2.10. The van der Waals surface area contributed by atoms with Gasteiger partial charge >= 0.3 is 0 Å². The second kappa shape index (κ2) is 7.13. The van der Waals surface area contributed by atoms with Crippen molar-refractivity contribution in [3.05, 3.63) is 58.1 Å². The second-order valence-electron chi connectivity index (χ2n) is 4.44. The topological polar surface area (TPSA) is 55.8 Å². The van der Waals surface area contributed by atoms with Crippen LogP contribution in [0.5, 0.6) is 17.2 Å². The number of carbonyl (C=O) groups excluding carboxylic acids is 1. The zero-order valence-electron chi connectivity index (χ0n) is 12.2. The van der Waals surface area contributed by atoms with E-state index in [0.717, 1.165) is 10.0 Å². The lowest BCUT2D eigenvalue weighted by atomic mass is 10.1. The van der Waals surface area contributed by atoms with Crippen LogP contribution in [0.25, 0.3) is 6.08 Å². The average molecular weight is 363 g/mol. The number of hydrogen-bond acceptors (Lipinski definition) is 4. The first kappa shape index (κ1) is 16.1. The van der Waals surface area contributed by atoms with Crippen LogP contribution < -0.4 is 9.47 Å². The summed E-state index contributed by atoms with van der Waals surface area (Å²) in [7, 11) is 3.11. The summed E-state index contributed by atoms with van der Waals surface area (Å²) in [5, 5.41) is 9.69. The number of hydrogen-bond donors (Lipinski definition) is 1. The highest BCUT2D eigenvalue weighted by atomic mass is 79.9. The number of ketones is 1. The van der Waals surface area contributed by atoms with Gasteiger partial charge in [0.2, 0.25) is 0 Å². The van der Waals surface area contributed by atoms with E-state index in [-0.39, 0.29) is 17.1 Å². The van der Waals surface area contributed by atoms with Crippen molar-refractivity contribution in [3.8, 4) is 17.2 Å². The predicted molar refractivity (Wildman–Crippen MR) is 88.7 cm³/mol. The molecule has 0 aliphatic heterocycles. The number of phenolic OH excluding ortho intramolecular Hbond substituents is 1. The molecule has 0 heterocycles. The smallest absolute Gasteiger partial charge is 0.189 e. The Morgan fingerprint density at radius 3 is 2.45 bits per heavy atom. The number of ether oxygens (including phenoxy) is 2. The Kier molecular flexibility index (Phi) is 5.22. The molecule has 1 N–H and O–H groups in total. The van der Waals surface area contributed by atoms with E-state index in [9.17, 15) is 9.90 Å². The SMILES string of the molecule is COc1cc(OC)c(/C=C/C(=O)c2ccccc2O)cc1Br. The van der Waals surface area contributed by atoms with Crippen molar-refractivity contribution in [3.63, 3.8) is 0 Å². The maximum atomic E-state index is 12.1. The van der Waals surface area contributed by atoms with E-state index in [1.165, 1.54) is 12.1 Å². The molecule has 0 aliphatic rings. The van der Waals surface area contributed by atoms with Gasteiger partial charge in [0, 0.05) is 11.6 Å². The van der Waals surface area contributed by atoms with E-state index in [0.29, 0.717) is 11.5 Å².